The van der Waals surface area contributed by atoms with Crippen LogP contribution in [0.15, 0.2) is 47.4 Å². The van der Waals surface area contributed by atoms with Crippen molar-refractivity contribution in [1.29, 1.82) is 0 Å². The van der Waals surface area contributed by atoms with Crippen molar-refractivity contribution in [3.05, 3.63) is 64.1 Å². The third-order valence-electron chi connectivity index (χ3n) is 5.16. The quantitative estimate of drug-likeness (QED) is 0.588. The number of anilines is 2. The first-order chi connectivity index (χ1) is 14.3. The maximum Gasteiger partial charge on any atom is 0.266 e. The smallest absolute Gasteiger partial charge is 0.266 e. The summed E-state index contributed by atoms with van der Waals surface area (Å²) in [5.74, 6) is -0.980. The lowest BCUT2D eigenvalue weighted by Gasteiger charge is -2.18. The van der Waals surface area contributed by atoms with Crippen LogP contribution >= 0.6 is 24.0 Å². The molecule has 1 saturated heterocycles. The fourth-order valence-electron chi connectivity index (χ4n) is 3.58. The number of nitrogens with zero attached hydrogens (tertiary/aromatic N) is 2. The SMILES string of the molecule is Cc1cccc(C)c1NC(=O)CN1C(=O)C(=C2SC(=S)N(C)C2=O)c2ccccc21. The van der Waals surface area contributed by atoms with Crippen LogP contribution in [0.25, 0.3) is 5.57 Å². The van der Waals surface area contributed by atoms with Gasteiger partial charge in [0.15, 0.2) is 0 Å². The molecule has 6 nitrogen and oxygen atoms in total. The monoisotopic (exact) mass is 437 g/mol. The van der Waals surface area contributed by atoms with Crippen LogP contribution in [0.4, 0.5) is 11.4 Å². The standard InChI is InChI=1S/C22H19N3O3S2/c1-12-7-6-8-13(2)18(12)23-16(26)11-25-15-10-5-4-9-14(15)17(20(25)27)19-21(28)24(3)22(29)30-19/h4-10H,11H2,1-3H3,(H,23,26). The predicted octanol–water partition coefficient (Wildman–Crippen LogP) is 3.49. The largest absolute Gasteiger partial charge is 0.324 e. The third kappa shape index (κ3) is 3.32. The van der Waals surface area contributed by atoms with Gasteiger partial charge in [0.05, 0.1) is 16.2 Å². The van der Waals surface area contributed by atoms with E-state index in [4.69, 9.17) is 12.2 Å². The predicted molar refractivity (Wildman–Crippen MR) is 123 cm³/mol. The zero-order valence-corrected chi connectivity index (χ0v) is 18.3. The number of benzene rings is 2. The van der Waals surface area contributed by atoms with E-state index in [9.17, 15) is 14.4 Å². The zero-order chi connectivity index (χ0) is 21.6. The third-order valence-corrected chi connectivity index (χ3v) is 6.71. The average molecular weight is 438 g/mol. The molecule has 0 bridgehead atoms. The normalized spacial score (nSPS) is 18.3. The number of hydrogen-bond donors (Lipinski definition) is 1. The van der Waals surface area contributed by atoms with Gasteiger partial charge in [-0.05, 0) is 31.0 Å². The number of aryl methyl sites for hydroxylation is 2. The summed E-state index contributed by atoms with van der Waals surface area (Å²) in [5, 5.41) is 2.91. The number of thioether (sulfide) groups is 1. The minimum atomic E-state index is -0.373. The fraction of sp³-hybridized carbons (Fsp3) is 0.182. The molecule has 152 valence electrons. The van der Waals surface area contributed by atoms with Crippen LogP contribution in [-0.2, 0) is 14.4 Å². The van der Waals surface area contributed by atoms with Gasteiger partial charge in [-0.25, -0.2) is 0 Å². The molecule has 30 heavy (non-hydrogen) atoms. The number of likely N-dealkylation sites (N-methyl/N-ethyl adjacent to an activating group) is 1. The van der Waals surface area contributed by atoms with Crippen LogP contribution < -0.4 is 10.2 Å². The summed E-state index contributed by atoms with van der Waals surface area (Å²) in [4.78, 5) is 41.8. The highest BCUT2D eigenvalue weighted by Crippen LogP contribution is 2.44. The molecule has 0 aromatic heterocycles. The Balaban J connectivity index is 1.67. The Morgan fingerprint density at radius 2 is 1.70 bits per heavy atom. The van der Waals surface area contributed by atoms with Crippen molar-refractivity contribution in [2.75, 3.05) is 23.8 Å². The second-order valence-electron chi connectivity index (χ2n) is 7.16. The van der Waals surface area contributed by atoms with Crippen LogP contribution in [0, 0.1) is 13.8 Å². The molecule has 0 radical (unpaired) electrons. The van der Waals surface area contributed by atoms with Crippen molar-refractivity contribution in [2.24, 2.45) is 0 Å². The molecule has 2 aliphatic rings. The van der Waals surface area contributed by atoms with E-state index in [-0.39, 0.29) is 24.3 Å². The molecule has 2 heterocycles. The zero-order valence-electron chi connectivity index (χ0n) is 16.7. The second-order valence-corrected chi connectivity index (χ2v) is 8.80. The number of carbonyl (C=O) groups is 3. The van der Waals surface area contributed by atoms with E-state index in [1.807, 2.05) is 32.0 Å². The molecule has 4 rings (SSSR count). The van der Waals surface area contributed by atoms with E-state index >= 15 is 0 Å². The Kier molecular flexibility index (Phi) is 5.21. The van der Waals surface area contributed by atoms with Crippen molar-refractivity contribution in [2.45, 2.75) is 13.8 Å². The maximum atomic E-state index is 13.3. The minimum absolute atomic E-state index is 0.153. The van der Waals surface area contributed by atoms with Gasteiger partial charge in [0, 0.05) is 18.3 Å². The van der Waals surface area contributed by atoms with Crippen molar-refractivity contribution in [3.8, 4) is 0 Å². The average Bonchev–Trinajstić information content (AvgIpc) is 3.13. The van der Waals surface area contributed by atoms with Crippen LogP contribution in [-0.4, -0.2) is 40.5 Å². The number of rotatable bonds is 3. The van der Waals surface area contributed by atoms with Crippen LogP contribution in [0.5, 0.6) is 0 Å². The molecule has 2 aliphatic heterocycles. The van der Waals surface area contributed by atoms with Crippen molar-refractivity contribution >= 4 is 63.0 Å². The van der Waals surface area contributed by atoms with E-state index in [1.54, 1.807) is 31.3 Å². The van der Waals surface area contributed by atoms with Gasteiger partial charge in [0.1, 0.15) is 10.9 Å². The fourth-order valence-corrected chi connectivity index (χ4v) is 4.83. The molecule has 2 aromatic carbocycles. The van der Waals surface area contributed by atoms with E-state index in [0.717, 1.165) is 28.6 Å². The highest BCUT2D eigenvalue weighted by molar-refractivity contribution is 8.26. The Labute approximate surface area is 183 Å². The number of amides is 3. The molecule has 1 fully saturated rings. The first kappa shape index (κ1) is 20.3. The summed E-state index contributed by atoms with van der Waals surface area (Å²) in [7, 11) is 1.59. The molecule has 0 unspecified atom stereocenters. The van der Waals surface area contributed by atoms with Gasteiger partial charge in [-0.1, -0.05) is 60.4 Å². The van der Waals surface area contributed by atoms with E-state index < -0.39 is 0 Å². The Bertz CT molecular complexity index is 1140. The number of para-hydroxylation sites is 2. The lowest BCUT2D eigenvalue weighted by atomic mass is 10.1. The number of hydrogen-bond acceptors (Lipinski definition) is 5. The molecule has 0 atom stereocenters. The summed E-state index contributed by atoms with van der Waals surface area (Å²) in [5.41, 5.74) is 4.18. The summed E-state index contributed by atoms with van der Waals surface area (Å²) >= 11 is 6.32. The number of fused-ring (bicyclic) bond motifs is 1. The summed E-state index contributed by atoms with van der Waals surface area (Å²) in [6, 6.07) is 12.9. The first-order valence-corrected chi connectivity index (χ1v) is 10.5. The topological polar surface area (TPSA) is 69.7 Å². The van der Waals surface area contributed by atoms with E-state index in [2.05, 4.69) is 5.32 Å². The molecule has 0 saturated carbocycles. The minimum Gasteiger partial charge on any atom is -0.324 e. The van der Waals surface area contributed by atoms with Gasteiger partial charge < -0.3 is 5.32 Å². The van der Waals surface area contributed by atoms with Crippen molar-refractivity contribution in [3.63, 3.8) is 0 Å². The van der Waals surface area contributed by atoms with Gasteiger partial charge in [0.25, 0.3) is 11.8 Å². The Morgan fingerprint density at radius 3 is 2.33 bits per heavy atom. The van der Waals surface area contributed by atoms with Crippen LogP contribution in [0.1, 0.15) is 16.7 Å². The van der Waals surface area contributed by atoms with Crippen LogP contribution in [0.3, 0.4) is 0 Å². The lowest BCUT2D eigenvalue weighted by Crippen LogP contribution is -2.35. The van der Waals surface area contributed by atoms with E-state index in [1.165, 1.54) is 9.80 Å². The molecule has 1 N–H and O–H groups in total. The summed E-state index contributed by atoms with van der Waals surface area (Å²) < 4.78 is 0.402. The molecular formula is C22H19N3O3S2. The molecule has 0 spiro atoms. The Hall–Kier alpha value is -2.97. The van der Waals surface area contributed by atoms with Crippen LogP contribution in [0.2, 0.25) is 0 Å². The molecule has 0 aliphatic carbocycles. The maximum absolute atomic E-state index is 13.3. The molecule has 2 aromatic rings. The highest BCUT2D eigenvalue weighted by Gasteiger charge is 2.41. The van der Waals surface area contributed by atoms with Gasteiger partial charge in [-0.3, -0.25) is 24.2 Å². The molecule has 3 amide bonds. The second kappa shape index (κ2) is 7.70. The molecular weight excluding hydrogens is 418 g/mol. The van der Waals surface area contributed by atoms with Crippen molar-refractivity contribution < 1.29 is 14.4 Å². The van der Waals surface area contributed by atoms with Crippen molar-refractivity contribution in [1.82, 2.24) is 4.90 Å². The van der Waals surface area contributed by atoms with Gasteiger partial charge >= 0.3 is 0 Å². The Morgan fingerprint density at radius 1 is 1.03 bits per heavy atom. The highest BCUT2D eigenvalue weighted by atomic mass is 32.2. The summed E-state index contributed by atoms with van der Waals surface area (Å²) in [6.45, 7) is 3.69. The molecule has 8 heteroatoms. The lowest BCUT2D eigenvalue weighted by molar-refractivity contribution is -0.121. The number of carbonyl (C=O) groups excluding carboxylic acids is 3. The summed E-state index contributed by atoms with van der Waals surface area (Å²) in [6.07, 6.45) is 0. The number of nitrogens with one attached hydrogen (secondary N) is 1. The number of thiocarbonyl (C=S) groups is 1. The first-order valence-electron chi connectivity index (χ1n) is 9.31. The van der Waals surface area contributed by atoms with Gasteiger partial charge in [-0.2, -0.15) is 0 Å². The van der Waals surface area contributed by atoms with E-state index in [0.29, 0.717) is 26.0 Å². The van der Waals surface area contributed by atoms with Gasteiger partial charge in [-0.15, -0.1) is 0 Å². The van der Waals surface area contributed by atoms with Gasteiger partial charge in [0.2, 0.25) is 5.91 Å².